The van der Waals surface area contributed by atoms with Crippen LogP contribution in [0.5, 0.6) is 0 Å². The largest absolute Gasteiger partial charge is 0.464 e. The molecule has 1 heterocycles. The topological polar surface area (TPSA) is 25.2 Å². The zero-order valence-corrected chi connectivity index (χ0v) is 11.8. The molecule has 102 valence electrons. The van der Waals surface area contributed by atoms with Gasteiger partial charge < -0.3 is 9.73 Å². The summed E-state index contributed by atoms with van der Waals surface area (Å²) in [6, 6.07) is 10.7. The van der Waals surface area contributed by atoms with E-state index in [9.17, 15) is 4.39 Å². The van der Waals surface area contributed by atoms with Crippen LogP contribution in [-0.2, 0) is 18.7 Å². The molecule has 0 saturated carbocycles. The number of halogens is 1. The molecule has 0 amide bonds. The first-order valence-corrected chi connectivity index (χ1v) is 7.69. The number of hydrogen-bond acceptors (Lipinski definition) is 3. The zero-order valence-electron chi connectivity index (χ0n) is 11.0. The fourth-order valence-electron chi connectivity index (χ4n) is 1.87. The van der Waals surface area contributed by atoms with Gasteiger partial charge in [-0.2, -0.15) is 11.8 Å². The Hall–Kier alpha value is -1.26. The van der Waals surface area contributed by atoms with E-state index in [4.69, 9.17) is 4.42 Å². The maximum atomic E-state index is 13.0. The number of rotatable bonds is 7. The lowest BCUT2D eigenvalue weighted by atomic mass is 10.1. The molecule has 0 aliphatic rings. The van der Waals surface area contributed by atoms with Crippen molar-refractivity contribution >= 4 is 11.8 Å². The standard InChI is InChI=1S/C15H18FNOS/c1-19-11-15-6-5-14(18-15)10-17-8-7-12-3-2-4-13(16)9-12/h2-6,9,17H,7-8,10-11H2,1H3. The van der Waals surface area contributed by atoms with Crippen LogP contribution in [-0.4, -0.2) is 12.8 Å². The van der Waals surface area contributed by atoms with E-state index in [-0.39, 0.29) is 5.82 Å². The Labute approximate surface area is 117 Å². The molecule has 0 bridgehead atoms. The van der Waals surface area contributed by atoms with Gasteiger partial charge in [-0.15, -0.1) is 0 Å². The van der Waals surface area contributed by atoms with Gasteiger partial charge in [0.05, 0.1) is 12.3 Å². The highest BCUT2D eigenvalue weighted by atomic mass is 32.2. The fraction of sp³-hybridized carbons (Fsp3) is 0.333. The minimum absolute atomic E-state index is 0.176. The van der Waals surface area contributed by atoms with Gasteiger partial charge >= 0.3 is 0 Å². The molecule has 0 aliphatic carbocycles. The molecule has 2 rings (SSSR count). The van der Waals surface area contributed by atoms with Crippen molar-refractivity contribution in [2.24, 2.45) is 0 Å². The van der Waals surface area contributed by atoms with E-state index >= 15 is 0 Å². The molecular weight excluding hydrogens is 261 g/mol. The molecule has 0 unspecified atom stereocenters. The van der Waals surface area contributed by atoms with Crippen molar-refractivity contribution < 1.29 is 8.81 Å². The second-order valence-electron chi connectivity index (χ2n) is 4.36. The lowest BCUT2D eigenvalue weighted by Gasteiger charge is -2.03. The summed E-state index contributed by atoms with van der Waals surface area (Å²) in [6.45, 7) is 1.52. The normalized spacial score (nSPS) is 10.8. The van der Waals surface area contributed by atoms with Crippen molar-refractivity contribution in [3.63, 3.8) is 0 Å². The molecule has 1 aromatic heterocycles. The van der Waals surface area contributed by atoms with Gasteiger partial charge in [0.15, 0.2) is 0 Å². The van der Waals surface area contributed by atoms with E-state index in [1.807, 2.05) is 18.2 Å². The highest BCUT2D eigenvalue weighted by Gasteiger charge is 2.01. The third-order valence-electron chi connectivity index (χ3n) is 2.78. The first kappa shape index (κ1) is 14.2. The van der Waals surface area contributed by atoms with Gasteiger partial charge in [-0.25, -0.2) is 4.39 Å². The molecule has 0 fully saturated rings. The van der Waals surface area contributed by atoms with Crippen molar-refractivity contribution in [1.29, 1.82) is 0 Å². The minimum atomic E-state index is -0.176. The van der Waals surface area contributed by atoms with Gasteiger partial charge in [0.25, 0.3) is 0 Å². The van der Waals surface area contributed by atoms with Crippen molar-refractivity contribution in [3.8, 4) is 0 Å². The average Bonchev–Trinajstić information content (AvgIpc) is 2.83. The van der Waals surface area contributed by atoms with Gasteiger partial charge in [-0.05, 0) is 49.1 Å². The van der Waals surface area contributed by atoms with E-state index in [1.165, 1.54) is 6.07 Å². The Morgan fingerprint density at radius 3 is 2.84 bits per heavy atom. The molecule has 4 heteroatoms. The first-order chi connectivity index (χ1) is 9.28. The van der Waals surface area contributed by atoms with Crippen molar-refractivity contribution in [3.05, 3.63) is 59.3 Å². The smallest absolute Gasteiger partial charge is 0.123 e. The summed E-state index contributed by atoms with van der Waals surface area (Å²) in [5, 5.41) is 3.30. The van der Waals surface area contributed by atoms with E-state index < -0.39 is 0 Å². The predicted molar refractivity (Wildman–Crippen MR) is 77.7 cm³/mol. The predicted octanol–water partition coefficient (Wildman–Crippen LogP) is 3.61. The molecule has 0 radical (unpaired) electrons. The molecule has 0 spiro atoms. The second kappa shape index (κ2) is 7.36. The van der Waals surface area contributed by atoms with Crippen molar-refractivity contribution in [2.45, 2.75) is 18.7 Å². The summed E-state index contributed by atoms with van der Waals surface area (Å²) in [6.07, 6.45) is 2.87. The average molecular weight is 279 g/mol. The summed E-state index contributed by atoms with van der Waals surface area (Å²) in [4.78, 5) is 0. The molecule has 1 aromatic carbocycles. The quantitative estimate of drug-likeness (QED) is 0.784. The maximum Gasteiger partial charge on any atom is 0.123 e. The monoisotopic (exact) mass is 279 g/mol. The van der Waals surface area contributed by atoms with Gasteiger partial charge in [-0.3, -0.25) is 0 Å². The molecule has 0 aliphatic heterocycles. The number of furan rings is 1. The maximum absolute atomic E-state index is 13.0. The van der Waals surface area contributed by atoms with E-state index in [0.29, 0.717) is 6.54 Å². The van der Waals surface area contributed by atoms with Crippen LogP contribution in [0.4, 0.5) is 4.39 Å². The fourth-order valence-corrected chi connectivity index (χ4v) is 2.31. The van der Waals surface area contributed by atoms with Gasteiger partial charge in [0, 0.05) is 0 Å². The summed E-state index contributed by atoms with van der Waals surface area (Å²) in [7, 11) is 0. The van der Waals surface area contributed by atoms with Crippen LogP contribution < -0.4 is 5.32 Å². The Morgan fingerprint density at radius 1 is 1.21 bits per heavy atom. The van der Waals surface area contributed by atoms with Crippen LogP contribution in [0, 0.1) is 5.82 Å². The molecule has 1 N–H and O–H groups in total. The van der Waals surface area contributed by atoms with Crippen LogP contribution in [0.15, 0.2) is 40.8 Å². The SMILES string of the molecule is CSCc1ccc(CNCCc2cccc(F)c2)o1. The van der Waals surface area contributed by atoms with Crippen LogP contribution in [0.25, 0.3) is 0 Å². The molecule has 19 heavy (non-hydrogen) atoms. The first-order valence-electron chi connectivity index (χ1n) is 6.29. The summed E-state index contributed by atoms with van der Waals surface area (Å²) in [5.74, 6) is 2.69. The highest BCUT2D eigenvalue weighted by molar-refractivity contribution is 7.97. The molecule has 0 saturated heterocycles. The third kappa shape index (κ3) is 4.73. The van der Waals surface area contributed by atoms with Crippen LogP contribution in [0.3, 0.4) is 0 Å². The van der Waals surface area contributed by atoms with E-state index in [2.05, 4.69) is 11.6 Å². The van der Waals surface area contributed by atoms with E-state index in [0.717, 1.165) is 35.8 Å². The Balaban J connectivity index is 1.71. The molecule has 2 aromatic rings. The number of hydrogen-bond donors (Lipinski definition) is 1. The molecule has 2 nitrogen and oxygen atoms in total. The van der Waals surface area contributed by atoms with Gasteiger partial charge in [0.1, 0.15) is 17.3 Å². The Bertz CT molecular complexity index is 512. The van der Waals surface area contributed by atoms with Crippen molar-refractivity contribution in [2.75, 3.05) is 12.8 Å². The van der Waals surface area contributed by atoms with Gasteiger partial charge in [-0.1, -0.05) is 12.1 Å². The lowest BCUT2D eigenvalue weighted by molar-refractivity contribution is 0.460. The highest BCUT2D eigenvalue weighted by Crippen LogP contribution is 2.13. The lowest BCUT2D eigenvalue weighted by Crippen LogP contribution is -2.16. The third-order valence-corrected chi connectivity index (χ3v) is 3.36. The Kier molecular flexibility index (Phi) is 5.48. The van der Waals surface area contributed by atoms with Crippen LogP contribution >= 0.6 is 11.8 Å². The molecule has 0 atom stereocenters. The number of benzene rings is 1. The van der Waals surface area contributed by atoms with E-state index in [1.54, 1.807) is 23.9 Å². The zero-order chi connectivity index (χ0) is 13.5. The summed E-state index contributed by atoms with van der Waals surface area (Å²) in [5.41, 5.74) is 1.01. The second-order valence-corrected chi connectivity index (χ2v) is 5.22. The minimum Gasteiger partial charge on any atom is -0.464 e. The number of thioether (sulfide) groups is 1. The van der Waals surface area contributed by atoms with Crippen molar-refractivity contribution in [1.82, 2.24) is 5.32 Å². The summed E-state index contributed by atoms with van der Waals surface area (Å²) >= 11 is 1.75. The van der Waals surface area contributed by atoms with Crippen LogP contribution in [0.1, 0.15) is 17.1 Å². The Morgan fingerprint density at radius 2 is 2.05 bits per heavy atom. The number of nitrogens with one attached hydrogen (secondary N) is 1. The van der Waals surface area contributed by atoms with Gasteiger partial charge in [0.2, 0.25) is 0 Å². The summed E-state index contributed by atoms with van der Waals surface area (Å²) < 4.78 is 18.6. The molecular formula is C15H18FNOS. The van der Waals surface area contributed by atoms with Crippen LogP contribution in [0.2, 0.25) is 0 Å².